The molecule has 0 unspecified atom stereocenters. The zero-order chi connectivity index (χ0) is 10.3. The van der Waals surface area contributed by atoms with E-state index in [0.29, 0.717) is 11.8 Å². The van der Waals surface area contributed by atoms with Crippen molar-refractivity contribution < 1.29 is 4.52 Å². The Balaban J connectivity index is 1.71. The summed E-state index contributed by atoms with van der Waals surface area (Å²) in [6.45, 7) is 4.27. The van der Waals surface area contributed by atoms with Gasteiger partial charge in [0.25, 0.3) is 0 Å². The number of nitrogens with zero attached hydrogens (tertiary/aromatic N) is 2. The van der Waals surface area contributed by atoms with Gasteiger partial charge in [-0.05, 0) is 31.2 Å². The summed E-state index contributed by atoms with van der Waals surface area (Å²) in [7, 11) is 0. The molecule has 3 rings (SSSR count). The third-order valence-corrected chi connectivity index (χ3v) is 3.49. The predicted octanol–water partition coefficient (Wildman–Crippen LogP) is 1.34. The summed E-state index contributed by atoms with van der Waals surface area (Å²) in [6, 6.07) is 0. The molecule has 4 nitrogen and oxygen atoms in total. The SMILES string of the molecule is C[C@@H]1CNC[C@H]1c1nc(CC2CC2)no1. The molecule has 1 saturated carbocycles. The van der Waals surface area contributed by atoms with Gasteiger partial charge < -0.3 is 9.84 Å². The monoisotopic (exact) mass is 207 g/mol. The first-order chi connectivity index (χ1) is 7.33. The fourth-order valence-corrected chi connectivity index (χ4v) is 2.22. The van der Waals surface area contributed by atoms with Gasteiger partial charge in [0.1, 0.15) is 0 Å². The molecule has 82 valence electrons. The second-order valence-corrected chi connectivity index (χ2v) is 4.94. The van der Waals surface area contributed by atoms with E-state index in [9.17, 15) is 0 Å². The molecule has 2 fully saturated rings. The minimum Gasteiger partial charge on any atom is -0.339 e. The molecule has 1 aromatic rings. The van der Waals surface area contributed by atoms with Crippen molar-refractivity contribution in [1.29, 1.82) is 0 Å². The van der Waals surface area contributed by atoms with Crippen LogP contribution >= 0.6 is 0 Å². The first-order valence-electron chi connectivity index (χ1n) is 5.86. The summed E-state index contributed by atoms with van der Waals surface area (Å²) >= 11 is 0. The van der Waals surface area contributed by atoms with Gasteiger partial charge in [-0.3, -0.25) is 0 Å². The van der Waals surface area contributed by atoms with E-state index < -0.39 is 0 Å². The molecule has 0 amide bonds. The molecule has 1 aliphatic heterocycles. The Labute approximate surface area is 89.4 Å². The van der Waals surface area contributed by atoms with E-state index in [0.717, 1.165) is 37.1 Å². The summed E-state index contributed by atoms with van der Waals surface area (Å²) in [5, 5.41) is 7.42. The maximum atomic E-state index is 5.35. The van der Waals surface area contributed by atoms with E-state index in [4.69, 9.17) is 4.52 Å². The first-order valence-corrected chi connectivity index (χ1v) is 5.86. The highest BCUT2D eigenvalue weighted by atomic mass is 16.5. The molecular formula is C11H17N3O. The maximum Gasteiger partial charge on any atom is 0.231 e. The standard InChI is InChI=1S/C11H17N3O/c1-7-5-12-6-9(7)11-13-10(14-15-11)4-8-2-3-8/h7-9,12H,2-6H2,1H3/t7-,9-/m1/s1. The molecule has 1 aromatic heterocycles. The predicted molar refractivity (Wildman–Crippen MR) is 55.5 cm³/mol. The van der Waals surface area contributed by atoms with Crippen LogP contribution in [0, 0.1) is 11.8 Å². The lowest BCUT2D eigenvalue weighted by Crippen LogP contribution is -2.08. The lowest BCUT2D eigenvalue weighted by atomic mass is 9.98. The minimum absolute atomic E-state index is 0.422. The summed E-state index contributed by atoms with van der Waals surface area (Å²) in [4.78, 5) is 4.51. The molecule has 1 N–H and O–H groups in total. The van der Waals surface area contributed by atoms with Crippen molar-refractivity contribution in [3.63, 3.8) is 0 Å². The molecule has 0 bridgehead atoms. The van der Waals surface area contributed by atoms with Crippen LogP contribution in [0.2, 0.25) is 0 Å². The van der Waals surface area contributed by atoms with Crippen molar-refractivity contribution in [2.45, 2.75) is 32.1 Å². The van der Waals surface area contributed by atoms with Crippen LogP contribution < -0.4 is 5.32 Å². The van der Waals surface area contributed by atoms with Crippen LogP contribution in [0.3, 0.4) is 0 Å². The van der Waals surface area contributed by atoms with Crippen LogP contribution in [0.25, 0.3) is 0 Å². The Bertz CT molecular complexity index is 345. The third kappa shape index (κ3) is 1.91. The molecule has 1 aliphatic carbocycles. The van der Waals surface area contributed by atoms with Gasteiger partial charge in [0.05, 0.1) is 5.92 Å². The highest BCUT2D eigenvalue weighted by Crippen LogP contribution is 2.32. The lowest BCUT2D eigenvalue weighted by Gasteiger charge is -2.07. The highest BCUT2D eigenvalue weighted by molar-refractivity contribution is 5.02. The second kappa shape index (κ2) is 3.59. The topological polar surface area (TPSA) is 51.0 Å². The molecular weight excluding hydrogens is 190 g/mol. The molecule has 15 heavy (non-hydrogen) atoms. The van der Waals surface area contributed by atoms with Crippen molar-refractivity contribution in [1.82, 2.24) is 15.5 Å². The smallest absolute Gasteiger partial charge is 0.231 e. The zero-order valence-electron chi connectivity index (χ0n) is 9.07. The van der Waals surface area contributed by atoms with E-state index in [2.05, 4.69) is 22.4 Å². The van der Waals surface area contributed by atoms with Crippen LogP contribution in [0.5, 0.6) is 0 Å². The number of hydrogen-bond donors (Lipinski definition) is 1. The van der Waals surface area contributed by atoms with Crippen molar-refractivity contribution in [2.24, 2.45) is 11.8 Å². The molecule has 2 atom stereocenters. The molecule has 0 radical (unpaired) electrons. The van der Waals surface area contributed by atoms with E-state index in [-0.39, 0.29) is 0 Å². The molecule has 1 saturated heterocycles. The van der Waals surface area contributed by atoms with E-state index >= 15 is 0 Å². The van der Waals surface area contributed by atoms with Gasteiger partial charge in [0.15, 0.2) is 5.82 Å². The lowest BCUT2D eigenvalue weighted by molar-refractivity contribution is 0.336. The minimum atomic E-state index is 0.422. The van der Waals surface area contributed by atoms with Gasteiger partial charge in [0, 0.05) is 13.0 Å². The van der Waals surface area contributed by atoms with Crippen LogP contribution in [-0.2, 0) is 6.42 Å². The third-order valence-electron chi connectivity index (χ3n) is 3.49. The molecule has 2 heterocycles. The van der Waals surface area contributed by atoms with Crippen molar-refractivity contribution in [3.8, 4) is 0 Å². The average molecular weight is 207 g/mol. The van der Waals surface area contributed by atoms with E-state index in [1.54, 1.807) is 0 Å². The summed E-state index contributed by atoms with van der Waals surface area (Å²) in [5.74, 6) is 3.61. The van der Waals surface area contributed by atoms with E-state index in [1.807, 2.05) is 0 Å². The highest BCUT2D eigenvalue weighted by Gasteiger charge is 2.30. The van der Waals surface area contributed by atoms with E-state index in [1.165, 1.54) is 12.8 Å². The van der Waals surface area contributed by atoms with Gasteiger partial charge in [0.2, 0.25) is 5.89 Å². The van der Waals surface area contributed by atoms with Gasteiger partial charge >= 0.3 is 0 Å². The van der Waals surface area contributed by atoms with Crippen molar-refractivity contribution in [3.05, 3.63) is 11.7 Å². The van der Waals surface area contributed by atoms with Gasteiger partial charge in [-0.15, -0.1) is 0 Å². The summed E-state index contributed by atoms with van der Waals surface area (Å²) < 4.78 is 5.35. The Kier molecular flexibility index (Phi) is 2.24. The quantitative estimate of drug-likeness (QED) is 0.812. The Morgan fingerprint density at radius 1 is 1.40 bits per heavy atom. The maximum absolute atomic E-state index is 5.35. The molecule has 0 spiro atoms. The van der Waals surface area contributed by atoms with Crippen molar-refractivity contribution in [2.75, 3.05) is 13.1 Å². The Morgan fingerprint density at radius 2 is 2.27 bits per heavy atom. The van der Waals surface area contributed by atoms with Gasteiger partial charge in [-0.25, -0.2) is 0 Å². The fraction of sp³-hybridized carbons (Fsp3) is 0.818. The summed E-state index contributed by atoms with van der Waals surface area (Å²) in [6.07, 6.45) is 3.69. The number of rotatable bonds is 3. The van der Waals surface area contributed by atoms with Crippen LogP contribution in [0.4, 0.5) is 0 Å². The number of hydrogen-bond acceptors (Lipinski definition) is 4. The summed E-state index contributed by atoms with van der Waals surface area (Å²) in [5.41, 5.74) is 0. The van der Waals surface area contributed by atoms with Crippen LogP contribution in [0.1, 0.15) is 37.4 Å². The zero-order valence-corrected chi connectivity index (χ0v) is 9.07. The normalized spacial score (nSPS) is 31.0. The molecule has 2 aliphatic rings. The largest absolute Gasteiger partial charge is 0.339 e. The number of aromatic nitrogens is 2. The van der Waals surface area contributed by atoms with Crippen LogP contribution in [-0.4, -0.2) is 23.2 Å². The van der Waals surface area contributed by atoms with Gasteiger partial charge in [-0.1, -0.05) is 12.1 Å². The Morgan fingerprint density at radius 3 is 2.93 bits per heavy atom. The Hall–Kier alpha value is -0.900. The average Bonchev–Trinajstić information content (AvgIpc) is 2.74. The van der Waals surface area contributed by atoms with Crippen LogP contribution in [0.15, 0.2) is 4.52 Å². The molecule has 0 aromatic carbocycles. The second-order valence-electron chi connectivity index (χ2n) is 4.94. The fourth-order valence-electron chi connectivity index (χ4n) is 2.22. The van der Waals surface area contributed by atoms with Gasteiger partial charge in [-0.2, -0.15) is 4.98 Å². The van der Waals surface area contributed by atoms with Crippen molar-refractivity contribution >= 4 is 0 Å². The molecule has 4 heteroatoms. The number of nitrogens with one attached hydrogen (secondary N) is 1. The first kappa shape index (κ1) is 9.33.